The summed E-state index contributed by atoms with van der Waals surface area (Å²) in [4.78, 5) is 13.5. The second-order valence-corrected chi connectivity index (χ2v) is 7.10. The van der Waals surface area contributed by atoms with Gasteiger partial charge in [-0.1, -0.05) is 39.3 Å². The lowest BCUT2D eigenvalue weighted by atomic mass is 9.86. The van der Waals surface area contributed by atoms with E-state index in [1.165, 1.54) is 5.56 Å². The summed E-state index contributed by atoms with van der Waals surface area (Å²) in [6, 6.07) is 5.87. The van der Waals surface area contributed by atoms with Crippen molar-refractivity contribution >= 4 is 5.97 Å². The fraction of sp³-hybridized carbons (Fsp3) is 0.611. The SMILES string of the molecule is COc1ccc(C(C)(C)C)cc1CN1CCCCC1C(=O)O. The van der Waals surface area contributed by atoms with Gasteiger partial charge in [0.15, 0.2) is 0 Å². The van der Waals surface area contributed by atoms with E-state index in [2.05, 4.69) is 37.8 Å². The summed E-state index contributed by atoms with van der Waals surface area (Å²) in [5, 5.41) is 9.42. The normalized spacial score (nSPS) is 19.9. The van der Waals surface area contributed by atoms with Gasteiger partial charge in [0.1, 0.15) is 11.8 Å². The highest BCUT2D eigenvalue weighted by Gasteiger charge is 2.29. The summed E-state index contributed by atoms with van der Waals surface area (Å²) in [5.41, 5.74) is 2.38. The van der Waals surface area contributed by atoms with Gasteiger partial charge >= 0.3 is 5.97 Å². The summed E-state index contributed by atoms with van der Waals surface area (Å²) >= 11 is 0. The Hall–Kier alpha value is -1.55. The summed E-state index contributed by atoms with van der Waals surface area (Å²) in [6.45, 7) is 8.00. The van der Waals surface area contributed by atoms with E-state index < -0.39 is 5.97 Å². The number of carboxylic acid groups (broad SMARTS) is 1. The summed E-state index contributed by atoms with van der Waals surface area (Å²) in [6.07, 6.45) is 2.79. The fourth-order valence-corrected chi connectivity index (χ4v) is 3.05. The van der Waals surface area contributed by atoms with Crippen LogP contribution in [0.5, 0.6) is 5.75 Å². The Morgan fingerprint density at radius 2 is 2.09 bits per heavy atom. The molecule has 1 atom stereocenters. The average Bonchev–Trinajstić information content (AvgIpc) is 2.46. The second-order valence-electron chi connectivity index (χ2n) is 7.10. The van der Waals surface area contributed by atoms with Crippen LogP contribution in [0.25, 0.3) is 0 Å². The highest BCUT2D eigenvalue weighted by atomic mass is 16.5. The Morgan fingerprint density at radius 3 is 2.68 bits per heavy atom. The van der Waals surface area contributed by atoms with E-state index in [0.717, 1.165) is 37.1 Å². The van der Waals surface area contributed by atoms with E-state index in [4.69, 9.17) is 4.74 Å². The molecule has 1 unspecified atom stereocenters. The van der Waals surface area contributed by atoms with Gasteiger partial charge in [0, 0.05) is 12.1 Å². The summed E-state index contributed by atoms with van der Waals surface area (Å²) < 4.78 is 5.48. The molecule has 1 aromatic carbocycles. The zero-order chi connectivity index (χ0) is 16.3. The van der Waals surface area contributed by atoms with Gasteiger partial charge in [-0.15, -0.1) is 0 Å². The summed E-state index contributed by atoms with van der Waals surface area (Å²) in [7, 11) is 1.67. The first-order valence-electron chi connectivity index (χ1n) is 7.97. The Kier molecular flexibility index (Phi) is 5.12. The van der Waals surface area contributed by atoms with Crippen molar-refractivity contribution in [2.45, 2.75) is 58.0 Å². The lowest BCUT2D eigenvalue weighted by molar-refractivity contribution is -0.144. The van der Waals surface area contributed by atoms with Crippen molar-refractivity contribution in [1.29, 1.82) is 0 Å². The van der Waals surface area contributed by atoms with Crippen molar-refractivity contribution in [1.82, 2.24) is 4.90 Å². The number of hydrogen-bond donors (Lipinski definition) is 1. The standard InChI is InChI=1S/C18H27NO3/c1-18(2,3)14-8-9-16(22-4)13(11-14)12-19-10-6-5-7-15(19)17(20)21/h8-9,11,15H,5-7,10,12H2,1-4H3,(H,20,21). The molecule has 0 aromatic heterocycles. The van der Waals surface area contributed by atoms with Crippen LogP contribution in [0, 0.1) is 0 Å². The van der Waals surface area contributed by atoms with Crippen LogP contribution in [0.2, 0.25) is 0 Å². The van der Waals surface area contributed by atoms with Crippen LogP contribution in [0.15, 0.2) is 18.2 Å². The van der Waals surface area contributed by atoms with Crippen LogP contribution < -0.4 is 4.74 Å². The first-order chi connectivity index (χ1) is 10.3. The Labute approximate surface area is 133 Å². The van der Waals surface area contributed by atoms with E-state index in [1.807, 2.05) is 6.07 Å². The van der Waals surface area contributed by atoms with Gasteiger partial charge < -0.3 is 9.84 Å². The number of carboxylic acids is 1. The van der Waals surface area contributed by atoms with Crippen LogP contribution >= 0.6 is 0 Å². The average molecular weight is 305 g/mol. The number of nitrogens with zero attached hydrogens (tertiary/aromatic N) is 1. The third-order valence-corrected chi connectivity index (χ3v) is 4.42. The molecule has 1 aliphatic rings. The van der Waals surface area contributed by atoms with Crippen LogP contribution in [0.1, 0.15) is 51.2 Å². The van der Waals surface area contributed by atoms with Gasteiger partial charge in [-0.05, 0) is 36.4 Å². The molecule has 22 heavy (non-hydrogen) atoms. The van der Waals surface area contributed by atoms with E-state index in [-0.39, 0.29) is 11.5 Å². The predicted molar refractivity (Wildman–Crippen MR) is 87.4 cm³/mol. The fourth-order valence-electron chi connectivity index (χ4n) is 3.05. The Balaban J connectivity index is 2.28. The molecular formula is C18H27NO3. The van der Waals surface area contributed by atoms with Gasteiger partial charge in [0.25, 0.3) is 0 Å². The molecule has 0 saturated carbocycles. The van der Waals surface area contributed by atoms with Crippen molar-refractivity contribution < 1.29 is 14.6 Å². The lowest BCUT2D eigenvalue weighted by Gasteiger charge is -2.33. The van der Waals surface area contributed by atoms with E-state index >= 15 is 0 Å². The topological polar surface area (TPSA) is 49.8 Å². The van der Waals surface area contributed by atoms with Gasteiger partial charge in [-0.3, -0.25) is 9.69 Å². The molecule has 0 amide bonds. The first-order valence-corrected chi connectivity index (χ1v) is 7.97. The van der Waals surface area contributed by atoms with Gasteiger partial charge in [-0.25, -0.2) is 0 Å². The second kappa shape index (κ2) is 6.69. The van der Waals surface area contributed by atoms with Crippen molar-refractivity contribution in [3.63, 3.8) is 0 Å². The number of piperidine rings is 1. The van der Waals surface area contributed by atoms with Crippen LogP contribution in [0.3, 0.4) is 0 Å². The van der Waals surface area contributed by atoms with E-state index in [1.54, 1.807) is 7.11 Å². The molecule has 1 aliphatic heterocycles. The highest BCUT2D eigenvalue weighted by molar-refractivity contribution is 5.73. The summed E-state index contributed by atoms with van der Waals surface area (Å²) in [5.74, 6) is 0.119. The molecule has 2 rings (SSSR count). The molecular weight excluding hydrogens is 278 g/mol. The maximum atomic E-state index is 11.5. The molecule has 4 heteroatoms. The molecule has 1 saturated heterocycles. The Morgan fingerprint density at radius 1 is 1.36 bits per heavy atom. The minimum Gasteiger partial charge on any atom is -0.496 e. The van der Waals surface area contributed by atoms with Crippen molar-refractivity contribution in [2.24, 2.45) is 0 Å². The molecule has 1 heterocycles. The van der Waals surface area contributed by atoms with Crippen LogP contribution in [-0.2, 0) is 16.8 Å². The maximum Gasteiger partial charge on any atom is 0.320 e. The van der Waals surface area contributed by atoms with Crippen molar-refractivity contribution in [2.75, 3.05) is 13.7 Å². The van der Waals surface area contributed by atoms with Crippen molar-refractivity contribution in [3.8, 4) is 5.75 Å². The first kappa shape index (κ1) is 16.8. The molecule has 0 radical (unpaired) electrons. The number of methoxy groups -OCH3 is 1. The molecule has 0 spiro atoms. The number of ether oxygens (including phenoxy) is 1. The lowest BCUT2D eigenvalue weighted by Crippen LogP contribution is -2.44. The number of aliphatic carboxylic acids is 1. The number of hydrogen-bond acceptors (Lipinski definition) is 3. The van der Waals surface area contributed by atoms with Crippen LogP contribution in [-0.4, -0.2) is 35.7 Å². The number of carbonyl (C=O) groups is 1. The molecule has 1 aromatic rings. The van der Waals surface area contributed by atoms with E-state index in [0.29, 0.717) is 6.54 Å². The Bertz CT molecular complexity index is 534. The van der Waals surface area contributed by atoms with Gasteiger partial charge in [0.2, 0.25) is 0 Å². The molecule has 1 N–H and O–H groups in total. The highest BCUT2D eigenvalue weighted by Crippen LogP contribution is 2.30. The molecule has 0 bridgehead atoms. The van der Waals surface area contributed by atoms with E-state index in [9.17, 15) is 9.90 Å². The quantitative estimate of drug-likeness (QED) is 0.926. The third-order valence-electron chi connectivity index (χ3n) is 4.42. The minimum atomic E-state index is -0.717. The smallest absolute Gasteiger partial charge is 0.320 e. The molecule has 4 nitrogen and oxygen atoms in total. The zero-order valence-corrected chi connectivity index (χ0v) is 14.1. The number of benzene rings is 1. The maximum absolute atomic E-state index is 11.5. The van der Waals surface area contributed by atoms with Crippen molar-refractivity contribution in [3.05, 3.63) is 29.3 Å². The molecule has 0 aliphatic carbocycles. The zero-order valence-electron chi connectivity index (χ0n) is 14.1. The third kappa shape index (κ3) is 3.80. The minimum absolute atomic E-state index is 0.0646. The monoisotopic (exact) mass is 305 g/mol. The molecule has 122 valence electrons. The largest absolute Gasteiger partial charge is 0.496 e. The van der Waals surface area contributed by atoms with Crippen LogP contribution in [0.4, 0.5) is 0 Å². The van der Waals surface area contributed by atoms with Gasteiger partial charge in [0.05, 0.1) is 7.11 Å². The number of likely N-dealkylation sites (tertiary alicyclic amines) is 1. The van der Waals surface area contributed by atoms with Gasteiger partial charge in [-0.2, -0.15) is 0 Å². The molecule has 1 fully saturated rings. The predicted octanol–water partition coefficient (Wildman–Crippen LogP) is 3.43. The number of rotatable bonds is 4.